The molecular weight excluding hydrogens is 548 g/mol. The van der Waals surface area contributed by atoms with Gasteiger partial charge in [0.2, 0.25) is 0 Å². The normalized spacial score (nSPS) is 14.9. The Hall–Kier alpha value is -3.88. The lowest BCUT2D eigenvalue weighted by Crippen LogP contribution is -2.18. The van der Waals surface area contributed by atoms with E-state index in [4.69, 9.17) is 14.6 Å². The van der Waals surface area contributed by atoms with E-state index < -0.39 is 12.1 Å². The third-order valence-corrected chi connectivity index (χ3v) is 7.17. The summed E-state index contributed by atoms with van der Waals surface area (Å²) in [5.41, 5.74) is 4.26. The molecule has 44 heavy (non-hydrogen) atoms. The Kier molecular flexibility index (Phi) is 15.4. The molecule has 0 aromatic heterocycles. The van der Waals surface area contributed by atoms with Gasteiger partial charge in [-0.25, -0.2) is 9.59 Å². The first-order valence-electron chi connectivity index (χ1n) is 15.8. The Bertz CT molecular complexity index is 1430. The summed E-state index contributed by atoms with van der Waals surface area (Å²) in [4.78, 5) is 25.2. The maximum atomic E-state index is 12.8. The molecule has 0 saturated carbocycles. The van der Waals surface area contributed by atoms with Crippen LogP contribution in [0, 0.1) is 36.5 Å². The first-order chi connectivity index (χ1) is 21.2. The number of carbonyl (C=O) groups excluding carboxylic acids is 2. The number of cyclic esters (lactones) is 1. The zero-order chi connectivity index (χ0) is 32.6. The molecule has 1 saturated heterocycles. The lowest BCUT2D eigenvalue weighted by Gasteiger charge is -2.19. The average molecular weight is 599 g/mol. The molecule has 0 bridgehead atoms. The SMILES string of the molecule is CC.CO.Cc1ccc(C#Cc2ccc3cc(C(=O)OCC4C/C(=C\CC(CC(C)C)CC(C)C)C(=O)O4)ccc3c2)cc1. The highest BCUT2D eigenvalue weighted by molar-refractivity contribution is 5.96. The lowest BCUT2D eigenvalue weighted by molar-refractivity contribution is -0.140. The van der Waals surface area contributed by atoms with Crippen molar-refractivity contribution in [3.05, 3.63) is 94.6 Å². The highest BCUT2D eigenvalue weighted by Crippen LogP contribution is 2.27. The number of esters is 2. The number of allylic oxidation sites excluding steroid dienone is 1. The molecule has 4 rings (SSSR count). The summed E-state index contributed by atoms with van der Waals surface area (Å²) in [6.07, 6.45) is 5.25. The van der Waals surface area contributed by atoms with Crippen molar-refractivity contribution < 1.29 is 24.2 Å². The van der Waals surface area contributed by atoms with Gasteiger partial charge in [0.1, 0.15) is 12.7 Å². The molecule has 3 aromatic carbocycles. The van der Waals surface area contributed by atoms with Crippen molar-refractivity contribution in [1.82, 2.24) is 0 Å². The Morgan fingerprint density at radius 3 is 2.11 bits per heavy atom. The molecule has 0 radical (unpaired) electrons. The highest BCUT2D eigenvalue weighted by Gasteiger charge is 2.30. The number of carbonyl (C=O) groups is 2. The molecule has 1 N–H and O–H groups in total. The summed E-state index contributed by atoms with van der Waals surface area (Å²) in [6.45, 7) is 15.1. The van der Waals surface area contributed by atoms with Gasteiger partial charge in [0.05, 0.1) is 5.56 Å². The minimum Gasteiger partial charge on any atom is -0.458 e. The molecular formula is C39H50O5. The van der Waals surface area contributed by atoms with Gasteiger partial charge in [-0.1, -0.05) is 89.3 Å². The molecule has 1 heterocycles. The molecule has 1 fully saturated rings. The number of aliphatic hydroxyl groups excluding tert-OH is 1. The van der Waals surface area contributed by atoms with Gasteiger partial charge < -0.3 is 14.6 Å². The summed E-state index contributed by atoms with van der Waals surface area (Å²) in [6, 6.07) is 19.6. The van der Waals surface area contributed by atoms with Gasteiger partial charge in [-0.05, 0) is 91.1 Å². The van der Waals surface area contributed by atoms with E-state index in [1.165, 1.54) is 5.56 Å². The summed E-state index contributed by atoms with van der Waals surface area (Å²) in [5.74, 6) is 7.50. The fourth-order valence-electron chi connectivity index (χ4n) is 5.27. The quantitative estimate of drug-likeness (QED) is 0.152. The first kappa shape index (κ1) is 36.3. The van der Waals surface area contributed by atoms with Gasteiger partial charge in [0, 0.05) is 30.2 Å². The Morgan fingerprint density at radius 2 is 1.48 bits per heavy atom. The zero-order valence-corrected chi connectivity index (χ0v) is 27.8. The van der Waals surface area contributed by atoms with Crippen LogP contribution in [0.1, 0.15) is 94.3 Å². The van der Waals surface area contributed by atoms with E-state index >= 15 is 0 Å². The van der Waals surface area contributed by atoms with Crippen molar-refractivity contribution >= 4 is 22.7 Å². The largest absolute Gasteiger partial charge is 0.458 e. The lowest BCUT2D eigenvalue weighted by atomic mass is 9.86. The van der Waals surface area contributed by atoms with Gasteiger partial charge in [0.25, 0.3) is 0 Å². The fourth-order valence-corrected chi connectivity index (χ4v) is 5.27. The van der Waals surface area contributed by atoms with E-state index in [1.807, 2.05) is 62.4 Å². The van der Waals surface area contributed by atoms with Gasteiger partial charge in [-0.3, -0.25) is 0 Å². The summed E-state index contributed by atoms with van der Waals surface area (Å²) >= 11 is 0. The van der Waals surface area contributed by atoms with Crippen molar-refractivity contribution in [2.24, 2.45) is 17.8 Å². The predicted molar refractivity (Wildman–Crippen MR) is 180 cm³/mol. The van der Waals surface area contributed by atoms with E-state index in [0.717, 1.165) is 48.3 Å². The van der Waals surface area contributed by atoms with Crippen LogP contribution in [0.2, 0.25) is 0 Å². The number of hydrogen-bond acceptors (Lipinski definition) is 5. The van der Waals surface area contributed by atoms with Crippen LogP contribution in [0.5, 0.6) is 0 Å². The van der Waals surface area contributed by atoms with E-state index in [9.17, 15) is 9.59 Å². The smallest absolute Gasteiger partial charge is 0.338 e. The van der Waals surface area contributed by atoms with Crippen molar-refractivity contribution in [1.29, 1.82) is 0 Å². The van der Waals surface area contributed by atoms with E-state index in [-0.39, 0.29) is 12.6 Å². The molecule has 0 spiro atoms. The maximum Gasteiger partial charge on any atom is 0.338 e. The van der Waals surface area contributed by atoms with Crippen LogP contribution in [0.15, 0.2) is 72.3 Å². The van der Waals surface area contributed by atoms with E-state index in [0.29, 0.717) is 35.3 Å². The zero-order valence-electron chi connectivity index (χ0n) is 27.8. The fraction of sp³-hybridized carbons (Fsp3) is 0.436. The van der Waals surface area contributed by atoms with E-state index in [1.54, 1.807) is 6.07 Å². The van der Waals surface area contributed by atoms with Gasteiger partial charge >= 0.3 is 11.9 Å². The molecule has 1 unspecified atom stereocenters. The molecule has 0 aliphatic carbocycles. The molecule has 1 aliphatic heterocycles. The van der Waals surface area contributed by atoms with Crippen molar-refractivity contribution in [2.45, 2.75) is 80.3 Å². The second-order valence-electron chi connectivity index (χ2n) is 11.8. The van der Waals surface area contributed by atoms with Crippen LogP contribution in [-0.2, 0) is 14.3 Å². The molecule has 236 valence electrons. The number of rotatable bonds is 9. The highest BCUT2D eigenvalue weighted by atomic mass is 16.6. The Labute approximate surface area is 264 Å². The monoisotopic (exact) mass is 598 g/mol. The Morgan fingerprint density at radius 1 is 0.909 bits per heavy atom. The van der Waals surface area contributed by atoms with Gasteiger partial charge in [-0.2, -0.15) is 0 Å². The van der Waals surface area contributed by atoms with Crippen LogP contribution < -0.4 is 0 Å². The number of benzene rings is 3. The number of ether oxygens (including phenoxy) is 2. The molecule has 1 atom stereocenters. The molecule has 5 nitrogen and oxygen atoms in total. The van der Waals surface area contributed by atoms with Crippen molar-refractivity contribution in [2.75, 3.05) is 13.7 Å². The third kappa shape index (κ3) is 11.7. The van der Waals surface area contributed by atoms with Crippen LogP contribution in [0.4, 0.5) is 0 Å². The number of hydrogen-bond donors (Lipinski definition) is 1. The molecule has 5 heteroatoms. The van der Waals surface area contributed by atoms with E-state index in [2.05, 4.69) is 58.6 Å². The summed E-state index contributed by atoms with van der Waals surface area (Å²) in [5, 5.41) is 8.94. The van der Waals surface area contributed by atoms with Gasteiger partial charge in [-0.15, -0.1) is 0 Å². The molecule has 0 amide bonds. The van der Waals surface area contributed by atoms with Crippen molar-refractivity contribution in [3.8, 4) is 11.8 Å². The number of aliphatic hydroxyl groups is 1. The standard InChI is InChI=1S/C36H40O4.C2H6.CH4O/c1-24(2)18-29(19-25(3)4)13-15-33-22-34(40-36(33)38)23-39-35(37)32-17-16-30-20-28(12-14-31(30)21-32)11-10-27-8-6-26(5)7-9-27;2*1-2/h6-9,12,14-17,20-21,24-25,29,34H,13,18-19,22-23H2,1-5H3;1-2H3;2H,1H3/b33-15+;;. The minimum atomic E-state index is -0.438. The number of fused-ring (bicyclic) bond motifs is 1. The molecule has 3 aromatic rings. The first-order valence-corrected chi connectivity index (χ1v) is 15.8. The average Bonchev–Trinajstić information content (AvgIpc) is 3.38. The van der Waals surface area contributed by atoms with Gasteiger partial charge in [0.15, 0.2) is 0 Å². The van der Waals surface area contributed by atoms with Crippen LogP contribution in [-0.4, -0.2) is 36.9 Å². The van der Waals surface area contributed by atoms with Crippen LogP contribution in [0.25, 0.3) is 10.8 Å². The third-order valence-electron chi connectivity index (χ3n) is 7.17. The van der Waals surface area contributed by atoms with Crippen LogP contribution in [0.3, 0.4) is 0 Å². The molecule has 1 aliphatic rings. The number of aryl methyl sites for hydroxylation is 1. The Balaban J connectivity index is 0.00000162. The summed E-state index contributed by atoms with van der Waals surface area (Å²) in [7, 11) is 1.00. The predicted octanol–water partition coefficient (Wildman–Crippen LogP) is 8.68. The van der Waals surface area contributed by atoms with Crippen molar-refractivity contribution in [3.63, 3.8) is 0 Å². The maximum absolute atomic E-state index is 12.8. The summed E-state index contributed by atoms with van der Waals surface area (Å²) < 4.78 is 11.0. The minimum absolute atomic E-state index is 0.0505. The van der Waals surface area contributed by atoms with Crippen LogP contribution >= 0.6 is 0 Å². The second-order valence-corrected chi connectivity index (χ2v) is 11.8. The topological polar surface area (TPSA) is 72.8 Å². The second kappa shape index (κ2) is 18.7.